The molecule has 34 heavy (non-hydrogen) atoms. The smallest absolute Gasteiger partial charge is 0.255 e. The van der Waals surface area contributed by atoms with Gasteiger partial charge in [0, 0.05) is 29.9 Å². The Morgan fingerprint density at radius 3 is 2.41 bits per heavy atom. The number of nitrogens with one attached hydrogen (secondary N) is 1. The lowest BCUT2D eigenvalue weighted by atomic mass is 9.99. The summed E-state index contributed by atoms with van der Waals surface area (Å²) < 4.78 is 38.5. The number of carbonyl (C=O) groups excluding carboxylic acids is 2. The summed E-state index contributed by atoms with van der Waals surface area (Å²) >= 11 is 0. The van der Waals surface area contributed by atoms with Crippen molar-refractivity contribution in [1.82, 2.24) is 0 Å². The third-order valence-corrected chi connectivity index (χ3v) is 7.60. The van der Waals surface area contributed by atoms with Crippen LogP contribution in [0.1, 0.15) is 34.3 Å². The number of fused-ring (bicyclic) bond motifs is 1. The topological polar surface area (TPSA) is 83.6 Å². The van der Waals surface area contributed by atoms with Crippen LogP contribution in [0.25, 0.3) is 0 Å². The number of rotatable bonds is 6. The molecule has 0 spiro atoms. The highest BCUT2D eigenvalue weighted by molar-refractivity contribution is 7.91. The van der Waals surface area contributed by atoms with Crippen LogP contribution in [0.15, 0.2) is 71.6 Å². The second-order valence-electron chi connectivity index (χ2n) is 8.30. The van der Waals surface area contributed by atoms with E-state index in [0.29, 0.717) is 36.3 Å². The molecule has 1 aliphatic heterocycles. The summed E-state index contributed by atoms with van der Waals surface area (Å²) in [6.07, 6.45) is 1.22. The van der Waals surface area contributed by atoms with Crippen LogP contribution >= 0.6 is 0 Å². The molecule has 2 amide bonds. The Bertz CT molecular complexity index is 1320. The van der Waals surface area contributed by atoms with Crippen LogP contribution < -0.4 is 10.2 Å². The normalized spacial score (nSPS) is 13.3. The van der Waals surface area contributed by atoms with Gasteiger partial charge in [0.1, 0.15) is 5.82 Å². The van der Waals surface area contributed by atoms with Gasteiger partial charge in [-0.15, -0.1) is 0 Å². The molecule has 0 aromatic heterocycles. The van der Waals surface area contributed by atoms with Gasteiger partial charge >= 0.3 is 0 Å². The van der Waals surface area contributed by atoms with E-state index in [2.05, 4.69) is 5.32 Å². The molecule has 6 nitrogen and oxygen atoms in total. The van der Waals surface area contributed by atoms with Crippen molar-refractivity contribution in [2.24, 2.45) is 0 Å². The lowest BCUT2D eigenvalue weighted by Crippen LogP contribution is -2.36. The molecule has 1 aliphatic rings. The second-order valence-corrected chi connectivity index (χ2v) is 10.4. The minimum atomic E-state index is -3.58. The van der Waals surface area contributed by atoms with E-state index in [1.165, 1.54) is 24.3 Å². The summed E-state index contributed by atoms with van der Waals surface area (Å²) in [5.74, 6) is -1.35. The average molecular weight is 481 g/mol. The minimum Gasteiger partial charge on any atom is -0.322 e. The molecule has 0 fully saturated rings. The van der Waals surface area contributed by atoms with E-state index >= 15 is 0 Å². The summed E-state index contributed by atoms with van der Waals surface area (Å²) in [7, 11) is -3.58. The minimum absolute atomic E-state index is 0.137. The van der Waals surface area contributed by atoms with Gasteiger partial charge in [0.25, 0.3) is 5.91 Å². The zero-order chi connectivity index (χ0) is 24.3. The van der Waals surface area contributed by atoms with E-state index in [1.807, 2.05) is 6.92 Å². The number of nitrogens with zero attached hydrogens (tertiary/aromatic N) is 1. The maximum absolute atomic E-state index is 13.2. The van der Waals surface area contributed by atoms with Crippen molar-refractivity contribution in [2.75, 3.05) is 22.5 Å². The van der Waals surface area contributed by atoms with Gasteiger partial charge in [-0.1, -0.05) is 23.8 Å². The number of sulfone groups is 1. The third-order valence-electron chi connectivity index (χ3n) is 5.87. The second kappa shape index (κ2) is 9.77. The molecule has 3 aromatic rings. The fourth-order valence-electron chi connectivity index (χ4n) is 4.02. The molecule has 1 heterocycles. The Hall–Kier alpha value is -3.52. The Balaban J connectivity index is 1.49. The zero-order valence-corrected chi connectivity index (χ0v) is 19.6. The lowest BCUT2D eigenvalue weighted by molar-refractivity contribution is -0.118. The fourth-order valence-corrected chi connectivity index (χ4v) is 5.25. The molecule has 0 atom stereocenters. The number of aryl methyl sites for hydroxylation is 1. The Morgan fingerprint density at radius 1 is 1.00 bits per heavy atom. The molecule has 0 aliphatic carbocycles. The molecule has 0 saturated heterocycles. The molecule has 4 rings (SSSR count). The maximum atomic E-state index is 13.2. The SMILES string of the molecule is Cc1ccc(S(=O)(=O)CCC(=O)N2CCCc3c(NC(=O)c4ccc(F)cc4)cccc32)cc1. The van der Waals surface area contributed by atoms with Crippen LogP contribution in [-0.2, 0) is 21.1 Å². The Kier molecular flexibility index (Phi) is 6.79. The molecule has 1 N–H and O–H groups in total. The van der Waals surface area contributed by atoms with Crippen LogP contribution in [-0.4, -0.2) is 32.5 Å². The summed E-state index contributed by atoms with van der Waals surface area (Å²) in [4.78, 5) is 27.4. The van der Waals surface area contributed by atoms with E-state index in [4.69, 9.17) is 0 Å². The zero-order valence-electron chi connectivity index (χ0n) is 18.8. The van der Waals surface area contributed by atoms with Gasteiger partial charge in [0.05, 0.1) is 10.6 Å². The van der Waals surface area contributed by atoms with Gasteiger partial charge in [0.2, 0.25) is 5.91 Å². The van der Waals surface area contributed by atoms with Crippen molar-refractivity contribution in [3.8, 4) is 0 Å². The monoisotopic (exact) mass is 480 g/mol. The highest BCUT2D eigenvalue weighted by atomic mass is 32.2. The van der Waals surface area contributed by atoms with Crippen molar-refractivity contribution >= 4 is 33.0 Å². The van der Waals surface area contributed by atoms with Crippen LogP contribution in [0.3, 0.4) is 0 Å². The van der Waals surface area contributed by atoms with E-state index in [9.17, 15) is 22.4 Å². The van der Waals surface area contributed by atoms with Crippen molar-refractivity contribution < 1.29 is 22.4 Å². The third kappa shape index (κ3) is 5.17. The number of hydrogen-bond donors (Lipinski definition) is 1. The molecule has 8 heteroatoms. The highest BCUT2D eigenvalue weighted by Crippen LogP contribution is 2.33. The van der Waals surface area contributed by atoms with Crippen molar-refractivity contribution in [3.63, 3.8) is 0 Å². The Morgan fingerprint density at radius 2 is 1.71 bits per heavy atom. The van der Waals surface area contributed by atoms with Gasteiger partial charge in [0.15, 0.2) is 9.84 Å². The first-order valence-electron chi connectivity index (χ1n) is 11.0. The molecule has 3 aromatic carbocycles. The van der Waals surface area contributed by atoms with Crippen LogP contribution in [0, 0.1) is 12.7 Å². The van der Waals surface area contributed by atoms with Crippen LogP contribution in [0.5, 0.6) is 0 Å². The number of anilines is 2. The van der Waals surface area contributed by atoms with Crippen molar-refractivity contribution in [2.45, 2.75) is 31.1 Å². The first kappa shape index (κ1) is 23.6. The molecule has 0 bridgehead atoms. The van der Waals surface area contributed by atoms with E-state index in [0.717, 1.165) is 11.1 Å². The maximum Gasteiger partial charge on any atom is 0.255 e. The molecular formula is C26H25FN2O4S. The van der Waals surface area contributed by atoms with E-state index in [1.54, 1.807) is 47.4 Å². The number of hydrogen-bond acceptors (Lipinski definition) is 4. The fraction of sp³-hybridized carbons (Fsp3) is 0.231. The number of halogens is 1. The number of benzene rings is 3. The average Bonchev–Trinajstić information content (AvgIpc) is 2.83. The standard InChI is InChI=1S/C26H25FN2O4S/c1-18-7-13-21(14-8-18)34(32,33)17-15-25(30)29-16-3-4-22-23(5-2-6-24(22)29)28-26(31)19-9-11-20(27)12-10-19/h2,5-14H,3-4,15-17H2,1H3,(H,28,31). The largest absolute Gasteiger partial charge is 0.322 e. The molecule has 0 unspecified atom stereocenters. The molecule has 0 saturated carbocycles. The van der Waals surface area contributed by atoms with Crippen molar-refractivity contribution in [3.05, 3.63) is 89.2 Å². The molecule has 0 radical (unpaired) electrons. The summed E-state index contributed by atoms with van der Waals surface area (Å²) in [5, 5.41) is 2.85. The van der Waals surface area contributed by atoms with Gasteiger partial charge in [-0.25, -0.2) is 12.8 Å². The van der Waals surface area contributed by atoms with Gasteiger partial charge in [-0.2, -0.15) is 0 Å². The van der Waals surface area contributed by atoms with Crippen molar-refractivity contribution in [1.29, 1.82) is 0 Å². The van der Waals surface area contributed by atoms with Crippen LogP contribution in [0.2, 0.25) is 0 Å². The summed E-state index contributed by atoms with van der Waals surface area (Å²) in [6.45, 7) is 2.36. The number of carbonyl (C=O) groups is 2. The first-order valence-corrected chi connectivity index (χ1v) is 12.7. The number of amides is 2. The lowest BCUT2D eigenvalue weighted by Gasteiger charge is -2.31. The molecule has 176 valence electrons. The predicted molar refractivity (Wildman–Crippen MR) is 129 cm³/mol. The molecular weight excluding hydrogens is 455 g/mol. The van der Waals surface area contributed by atoms with Gasteiger partial charge in [-0.05, 0) is 73.9 Å². The quantitative estimate of drug-likeness (QED) is 0.562. The highest BCUT2D eigenvalue weighted by Gasteiger charge is 2.26. The van der Waals surface area contributed by atoms with Crippen LogP contribution in [0.4, 0.5) is 15.8 Å². The summed E-state index contributed by atoms with van der Waals surface area (Å²) in [5.41, 5.74) is 3.35. The first-order chi connectivity index (χ1) is 16.2. The van der Waals surface area contributed by atoms with E-state index in [-0.39, 0.29) is 28.9 Å². The van der Waals surface area contributed by atoms with Gasteiger partial charge < -0.3 is 10.2 Å². The van der Waals surface area contributed by atoms with Gasteiger partial charge in [-0.3, -0.25) is 9.59 Å². The summed E-state index contributed by atoms with van der Waals surface area (Å²) in [6, 6.07) is 17.1. The predicted octanol–water partition coefficient (Wildman–Crippen LogP) is 4.53. The van der Waals surface area contributed by atoms with E-state index < -0.39 is 15.7 Å². The Labute approximate surface area is 198 Å².